The van der Waals surface area contributed by atoms with Crippen LogP contribution in [0, 0.1) is 0 Å². The third kappa shape index (κ3) is 3.49. The number of rotatable bonds is 5. The van der Waals surface area contributed by atoms with Gasteiger partial charge in [-0.1, -0.05) is 34.1 Å². The minimum atomic E-state index is -1.06. The lowest BCUT2D eigenvalue weighted by atomic mass is 10.0. The number of para-hydroxylation sites is 1. The predicted molar refractivity (Wildman–Crippen MR) is 95.0 cm³/mol. The van der Waals surface area contributed by atoms with E-state index in [1.165, 1.54) is 0 Å². The largest absolute Gasteiger partial charge is 0.480 e. The Morgan fingerprint density at radius 2 is 1.83 bits per heavy atom. The van der Waals surface area contributed by atoms with Crippen LogP contribution in [0.5, 0.6) is 0 Å². The molecule has 3 rings (SSSR count). The number of halogens is 1. The van der Waals surface area contributed by atoms with Crippen molar-refractivity contribution in [1.29, 1.82) is 0 Å². The molecule has 1 atom stereocenters. The normalized spacial score (nSPS) is 12.0. The molecule has 0 bridgehead atoms. The van der Waals surface area contributed by atoms with E-state index >= 15 is 0 Å². The second-order valence-electron chi connectivity index (χ2n) is 5.43. The van der Waals surface area contributed by atoms with Crippen molar-refractivity contribution in [2.75, 3.05) is 0 Å². The van der Waals surface area contributed by atoms with Gasteiger partial charge < -0.3 is 15.4 Å². The third-order valence-electron chi connectivity index (χ3n) is 3.81. The van der Waals surface area contributed by atoms with E-state index in [9.17, 15) is 14.7 Å². The molecule has 3 N–H and O–H groups in total. The summed E-state index contributed by atoms with van der Waals surface area (Å²) < 4.78 is 0.854. The number of aromatic nitrogens is 1. The maximum atomic E-state index is 12.3. The van der Waals surface area contributed by atoms with E-state index in [-0.39, 0.29) is 6.42 Å². The molecule has 0 aliphatic heterocycles. The summed E-state index contributed by atoms with van der Waals surface area (Å²) in [4.78, 5) is 26.9. The summed E-state index contributed by atoms with van der Waals surface area (Å²) in [7, 11) is 0. The van der Waals surface area contributed by atoms with Crippen LogP contribution in [0.2, 0.25) is 0 Å². The first-order valence-electron chi connectivity index (χ1n) is 7.39. The quantitative estimate of drug-likeness (QED) is 0.628. The molecule has 0 aliphatic rings. The molecule has 1 aromatic heterocycles. The maximum absolute atomic E-state index is 12.3. The highest BCUT2D eigenvalue weighted by Gasteiger charge is 2.22. The molecular weight excluding hydrogens is 372 g/mol. The average molecular weight is 387 g/mol. The van der Waals surface area contributed by atoms with Gasteiger partial charge in [0, 0.05) is 33.6 Å². The summed E-state index contributed by atoms with van der Waals surface area (Å²) >= 11 is 3.30. The molecule has 0 fully saturated rings. The lowest BCUT2D eigenvalue weighted by Gasteiger charge is -2.14. The van der Waals surface area contributed by atoms with Crippen molar-refractivity contribution < 1.29 is 14.7 Å². The van der Waals surface area contributed by atoms with Crippen LogP contribution in [-0.4, -0.2) is 28.0 Å². The van der Waals surface area contributed by atoms with Gasteiger partial charge in [0.25, 0.3) is 5.91 Å². The lowest BCUT2D eigenvalue weighted by molar-refractivity contribution is -0.139. The van der Waals surface area contributed by atoms with Crippen LogP contribution in [0.3, 0.4) is 0 Å². The van der Waals surface area contributed by atoms with Gasteiger partial charge in [0.2, 0.25) is 0 Å². The maximum Gasteiger partial charge on any atom is 0.326 e. The molecule has 0 spiro atoms. The fourth-order valence-corrected chi connectivity index (χ4v) is 2.83. The topological polar surface area (TPSA) is 82.2 Å². The zero-order valence-corrected chi connectivity index (χ0v) is 14.2. The van der Waals surface area contributed by atoms with Crippen LogP contribution < -0.4 is 5.32 Å². The first-order valence-corrected chi connectivity index (χ1v) is 8.18. The Balaban J connectivity index is 1.79. The number of aliphatic carboxylic acids is 1. The monoisotopic (exact) mass is 386 g/mol. The van der Waals surface area contributed by atoms with Crippen molar-refractivity contribution in [3.05, 3.63) is 70.3 Å². The lowest BCUT2D eigenvalue weighted by Crippen LogP contribution is -2.42. The summed E-state index contributed by atoms with van der Waals surface area (Å²) in [6, 6.07) is 13.4. The number of benzene rings is 2. The Kier molecular flexibility index (Phi) is 4.66. The summed E-state index contributed by atoms with van der Waals surface area (Å²) in [6.07, 6.45) is 1.99. The van der Waals surface area contributed by atoms with Crippen molar-refractivity contribution in [3.8, 4) is 0 Å². The smallest absolute Gasteiger partial charge is 0.326 e. The van der Waals surface area contributed by atoms with Crippen molar-refractivity contribution in [2.45, 2.75) is 12.5 Å². The standard InChI is InChI=1S/C18H15BrN2O3/c19-13-7-5-11(6-8-13)17(22)21-16(18(23)24)9-12-10-20-15-4-2-1-3-14(12)15/h1-8,10,16,20H,9H2,(H,21,22)(H,23,24)/t16-/m0/s1. The highest BCUT2D eigenvalue weighted by molar-refractivity contribution is 9.10. The molecule has 0 unspecified atom stereocenters. The van der Waals surface area contributed by atoms with E-state index in [2.05, 4.69) is 26.2 Å². The number of carboxylic acids is 1. The molecule has 3 aromatic rings. The number of nitrogens with one attached hydrogen (secondary N) is 2. The van der Waals surface area contributed by atoms with E-state index in [4.69, 9.17) is 0 Å². The molecule has 24 heavy (non-hydrogen) atoms. The predicted octanol–water partition coefficient (Wildman–Crippen LogP) is 3.36. The van der Waals surface area contributed by atoms with E-state index < -0.39 is 17.9 Å². The highest BCUT2D eigenvalue weighted by Crippen LogP contribution is 2.19. The Morgan fingerprint density at radius 1 is 1.12 bits per heavy atom. The van der Waals surface area contributed by atoms with Gasteiger partial charge in [-0.15, -0.1) is 0 Å². The van der Waals surface area contributed by atoms with E-state index in [0.29, 0.717) is 5.56 Å². The summed E-state index contributed by atoms with van der Waals surface area (Å²) in [5.74, 6) is -1.47. The third-order valence-corrected chi connectivity index (χ3v) is 4.34. The molecule has 0 saturated heterocycles. The molecule has 0 saturated carbocycles. The number of H-pyrrole nitrogens is 1. The number of fused-ring (bicyclic) bond motifs is 1. The number of carbonyl (C=O) groups is 2. The first-order chi connectivity index (χ1) is 11.5. The van der Waals surface area contributed by atoms with Gasteiger partial charge in [-0.05, 0) is 35.9 Å². The molecule has 2 aromatic carbocycles. The van der Waals surface area contributed by atoms with E-state index in [0.717, 1.165) is 20.9 Å². The summed E-state index contributed by atoms with van der Waals surface area (Å²) in [6.45, 7) is 0. The molecule has 1 heterocycles. The van der Waals surface area contributed by atoms with Crippen LogP contribution in [0.4, 0.5) is 0 Å². The second-order valence-corrected chi connectivity index (χ2v) is 6.35. The molecular formula is C18H15BrN2O3. The number of amides is 1. The molecule has 5 nitrogen and oxygen atoms in total. The van der Waals surface area contributed by atoms with Gasteiger partial charge in [-0.2, -0.15) is 0 Å². The van der Waals surface area contributed by atoms with Gasteiger partial charge in [-0.25, -0.2) is 4.79 Å². The Hall–Kier alpha value is -2.60. The van der Waals surface area contributed by atoms with Gasteiger partial charge in [-0.3, -0.25) is 4.79 Å². The zero-order chi connectivity index (χ0) is 17.1. The number of hydrogen-bond donors (Lipinski definition) is 3. The Labute approximate surface area is 146 Å². The number of hydrogen-bond acceptors (Lipinski definition) is 2. The fraction of sp³-hybridized carbons (Fsp3) is 0.111. The van der Waals surface area contributed by atoms with Gasteiger partial charge in [0.05, 0.1) is 0 Å². The molecule has 6 heteroatoms. The van der Waals surface area contributed by atoms with Gasteiger partial charge in [0.1, 0.15) is 6.04 Å². The number of carbonyl (C=O) groups excluding carboxylic acids is 1. The van der Waals surface area contributed by atoms with Gasteiger partial charge in [0.15, 0.2) is 0 Å². The van der Waals surface area contributed by atoms with Crippen LogP contribution in [0.1, 0.15) is 15.9 Å². The molecule has 1 amide bonds. The van der Waals surface area contributed by atoms with Crippen LogP contribution in [0.25, 0.3) is 10.9 Å². The Morgan fingerprint density at radius 3 is 2.54 bits per heavy atom. The minimum Gasteiger partial charge on any atom is -0.480 e. The molecule has 0 radical (unpaired) electrons. The van der Waals surface area contributed by atoms with Crippen LogP contribution in [0.15, 0.2) is 59.2 Å². The molecule has 122 valence electrons. The van der Waals surface area contributed by atoms with Crippen molar-refractivity contribution >= 4 is 38.7 Å². The van der Waals surface area contributed by atoms with Crippen molar-refractivity contribution in [2.24, 2.45) is 0 Å². The van der Waals surface area contributed by atoms with E-state index in [1.807, 2.05) is 24.3 Å². The van der Waals surface area contributed by atoms with Crippen molar-refractivity contribution in [1.82, 2.24) is 10.3 Å². The number of carboxylic acid groups (broad SMARTS) is 1. The van der Waals surface area contributed by atoms with Crippen LogP contribution >= 0.6 is 15.9 Å². The summed E-state index contributed by atoms with van der Waals surface area (Å²) in [5.41, 5.74) is 2.22. The van der Waals surface area contributed by atoms with Crippen LogP contribution in [-0.2, 0) is 11.2 Å². The Bertz CT molecular complexity index is 887. The highest BCUT2D eigenvalue weighted by atomic mass is 79.9. The SMILES string of the molecule is O=C(N[C@@H](Cc1c[nH]c2ccccc12)C(=O)O)c1ccc(Br)cc1. The second kappa shape index (κ2) is 6.88. The first kappa shape index (κ1) is 16.3. The molecule has 0 aliphatic carbocycles. The minimum absolute atomic E-state index is 0.210. The van der Waals surface area contributed by atoms with E-state index in [1.54, 1.807) is 30.5 Å². The fourth-order valence-electron chi connectivity index (χ4n) is 2.56. The van der Waals surface area contributed by atoms with Crippen molar-refractivity contribution in [3.63, 3.8) is 0 Å². The van der Waals surface area contributed by atoms with Gasteiger partial charge >= 0.3 is 5.97 Å². The zero-order valence-electron chi connectivity index (χ0n) is 12.6. The average Bonchev–Trinajstić information content (AvgIpc) is 2.98. The summed E-state index contributed by atoms with van der Waals surface area (Å²) in [5, 5.41) is 13.0. The number of aromatic amines is 1.